The van der Waals surface area contributed by atoms with Crippen LogP contribution in [0.25, 0.3) is 0 Å². The quantitative estimate of drug-likeness (QED) is 0.732. The van der Waals surface area contributed by atoms with E-state index in [1.165, 1.54) is 12.1 Å². The van der Waals surface area contributed by atoms with Gasteiger partial charge in [0.2, 0.25) is 0 Å². The van der Waals surface area contributed by atoms with E-state index < -0.39 is 26.4 Å². The fraction of sp³-hybridized carbons (Fsp3) is 0.222. The number of hydrogen-bond donors (Lipinski definition) is 0. The van der Waals surface area contributed by atoms with Gasteiger partial charge in [0, 0.05) is 10.4 Å². The predicted molar refractivity (Wildman–Crippen MR) is 93.1 cm³/mol. The summed E-state index contributed by atoms with van der Waals surface area (Å²) in [5.41, 5.74) is 0.0843. The molecule has 122 valence electrons. The van der Waals surface area contributed by atoms with Crippen LogP contribution in [0.1, 0.15) is 17.0 Å². The summed E-state index contributed by atoms with van der Waals surface area (Å²) in [6.45, 7) is 1.86. The third-order valence-electron chi connectivity index (χ3n) is 4.48. The SMILES string of the molecule is Cc1ccc(S(=O)(=O)[C@H]2[C@H](c3ccc(Br)cc3)[C@]2(C#N)C=O)cc1. The van der Waals surface area contributed by atoms with Gasteiger partial charge in [0.1, 0.15) is 17.0 Å². The van der Waals surface area contributed by atoms with Gasteiger partial charge in [-0.25, -0.2) is 8.42 Å². The van der Waals surface area contributed by atoms with Crippen molar-refractivity contribution in [3.8, 4) is 6.07 Å². The molecule has 3 atom stereocenters. The van der Waals surface area contributed by atoms with E-state index in [0.29, 0.717) is 11.8 Å². The maximum atomic E-state index is 13.0. The molecular formula is C18H14BrNO3S. The van der Waals surface area contributed by atoms with Gasteiger partial charge >= 0.3 is 0 Å². The molecule has 0 aliphatic heterocycles. The fourth-order valence-corrected chi connectivity index (χ4v) is 5.61. The molecule has 24 heavy (non-hydrogen) atoms. The van der Waals surface area contributed by atoms with Crippen LogP contribution in [0.4, 0.5) is 0 Å². The number of hydrogen-bond acceptors (Lipinski definition) is 4. The second kappa shape index (κ2) is 5.83. The summed E-state index contributed by atoms with van der Waals surface area (Å²) in [5, 5.41) is 8.45. The summed E-state index contributed by atoms with van der Waals surface area (Å²) in [7, 11) is -3.79. The molecule has 0 N–H and O–H groups in total. The Morgan fingerprint density at radius 3 is 2.21 bits per heavy atom. The molecule has 3 rings (SSSR count). The summed E-state index contributed by atoms with van der Waals surface area (Å²) >= 11 is 3.32. The van der Waals surface area contributed by atoms with Crippen LogP contribution in [-0.2, 0) is 14.6 Å². The predicted octanol–water partition coefficient (Wildman–Crippen LogP) is 3.41. The molecule has 4 nitrogen and oxygen atoms in total. The van der Waals surface area contributed by atoms with E-state index >= 15 is 0 Å². The molecule has 0 unspecified atom stereocenters. The standard InChI is InChI=1S/C18H14BrNO3S/c1-12-2-8-15(9-3-12)24(22,23)17-16(18(17,10-20)11-21)13-4-6-14(19)7-5-13/h2-9,11,16-17H,1H3/t16-,17-,18-/m0/s1. The van der Waals surface area contributed by atoms with Crippen molar-refractivity contribution in [1.29, 1.82) is 5.26 Å². The zero-order valence-electron chi connectivity index (χ0n) is 12.8. The van der Waals surface area contributed by atoms with Gasteiger partial charge in [0.05, 0.1) is 11.0 Å². The van der Waals surface area contributed by atoms with Crippen molar-refractivity contribution in [3.05, 3.63) is 64.1 Å². The average Bonchev–Trinajstić information content (AvgIpc) is 3.26. The second-order valence-corrected chi connectivity index (χ2v) is 8.96. The van der Waals surface area contributed by atoms with Gasteiger partial charge in [-0.1, -0.05) is 45.8 Å². The van der Waals surface area contributed by atoms with E-state index in [0.717, 1.165) is 10.0 Å². The lowest BCUT2D eigenvalue weighted by molar-refractivity contribution is -0.110. The minimum Gasteiger partial charge on any atom is -0.302 e. The topological polar surface area (TPSA) is 75.0 Å². The van der Waals surface area contributed by atoms with Crippen molar-refractivity contribution in [3.63, 3.8) is 0 Å². The Morgan fingerprint density at radius 2 is 1.71 bits per heavy atom. The number of aryl methyl sites for hydroxylation is 1. The highest BCUT2D eigenvalue weighted by atomic mass is 79.9. The third kappa shape index (κ3) is 2.48. The summed E-state index contributed by atoms with van der Waals surface area (Å²) < 4.78 is 26.8. The Kier molecular flexibility index (Phi) is 4.10. The molecule has 1 aliphatic rings. The zero-order valence-corrected chi connectivity index (χ0v) is 15.2. The van der Waals surface area contributed by atoms with Crippen molar-refractivity contribution in [2.75, 3.05) is 0 Å². The van der Waals surface area contributed by atoms with Crippen molar-refractivity contribution in [2.24, 2.45) is 5.41 Å². The van der Waals surface area contributed by atoms with Gasteiger partial charge in [-0.15, -0.1) is 0 Å². The number of carbonyl (C=O) groups is 1. The molecule has 2 aromatic rings. The van der Waals surface area contributed by atoms with Gasteiger partial charge in [0.25, 0.3) is 0 Å². The highest BCUT2D eigenvalue weighted by Crippen LogP contribution is 2.62. The maximum Gasteiger partial charge on any atom is 0.183 e. The highest BCUT2D eigenvalue weighted by Gasteiger charge is 2.72. The van der Waals surface area contributed by atoms with Gasteiger partial charge in [0.15, 0.2) is 9.84 Å². The first-order chi connectivity index (χ1) is 11.4. The number of benzene rings is 2. The minimum absolute atomic E-state index is 0.138. The van der Waals surface area contributed by atoms with Crippen molar-refractivity contribution >= 4 is 32.1 Å². The molecule has 0 spiro atoms. The molecule has 0 bridgehead atoms. The smallest absolute Gasteiger partial charge is 0.183 e. The second-order valence-electron chi connectivity index (χ2n) is 5.97. The number of nitrogens with zero attached hydrogens (tertiary/aromatic N) is 1. The average molecular weight is 404 g/mol. The Bertz CT molecular complexity index is 930. The lowest BCUT2D eigenvalue weighted by Crippen LogP contribution is -2.16. The van der Waals surface area contributed by atoms with E-state index in [1.807, 2.05) is 13.0 Å². The molecule has 2 aromatic carbocycles. The highest BCUT2D eigenvalue weighted by molar-refractivity contribution is 9.10. The largest absolute Gasteiger partial charge is 0.302 e. The van der Waals surface area contributed by atoms with Crippen LogP contribution in [0.15, 0.2) is 57.9 Å². The summed E-state index contributed by atoms with van der Waals surface area (Å²) in [5.74, 6) is -0.653. The van der Waals surface area contributed by atoms with E-state index in [1.54, 1.807) is 36.4 Å². The van der Waals surface area contributed by atoms with Crippen LogP contribution in [0, 0.1) is 23.7 Å². The third-order valence-corrected chi connectivity index (χ3v) is 7.27. The molecule has 0 amide bonds. The monoisotopic (exact) mass is 403 g/mol. The first-order valence-electron chi connectivity index (χ1n) is 7.30. The van der Waals surface area contributed by atoms with Crippen LogP contribution >= 0.6 is 15.9 Å². The normalized spacial score (nSPS) is 25.7. The number of halogens is 1. The van der Waals surface area contributed by atoms with E-state index in [4.69, 9.17) is 0 Å². The molecule has 0 heterocycles. The number of carbonyl (C=O) groups excluding carboxylic acids is 1. The molecule has 1 saturated carbocycles. The van der Waals surface area contributed by atoms with Crippen LogP contribution in [0.2, 0.25) is 0 Å². The number of sulfone groups is 1. The van der Waals surface area contributed by atoms with Crippen LogP contribution in [-0.4, -0.2) is 20.0 Å². The fourth-order valence-electron chi connectivity index (χ4n) is 3.11. The lowest BCUT2D eigenvalue weighted by atomic mass is 10.0. The number of aldehydes is 1. The van der Waals surface area contributed by atoms with Crippen molar-refractivity contribution in [1.82, 2.24) is 0 Å². The van der Waals surface area contributed by atoms with E-state index in [2.05, 4.69) is 15.9 Å². The first kappa shape index (κ1) is 16.9. The lowest BCUT2D eigenvalue weighted by Gasteiger charge is -2.05. The Balaban J connectivity index is 2.08. The van der Waals surface area contributed by atoms with Gasteiger partial charge in [-0.3, -0.25) is 0 Å². The van der Waals surface area contributed by atoms with Crippen LogP contribution in [0.3, 0.4) is 0 Å². The molecule has 6 heteroatoms. The van der Waals surface area contributed by atoms with Crippen LogP contribution in [0.5, 0.6) is 0 Å². The van der Waals surface area contributed by atoms with Gasteiger partial charge < -0.3 is 4.79 Å². The zero-order chi connectivity index (χ0) is 17.5. The number of nitriles is 1. The molecule has 0 radical (unpaired) electrons. The molecule has 0 saturated heterocycles. The van der Waals surface area contributed by atoms with Crippen molar-refractivity contribution in [2.45, 2.75) is 23.0 Å². The Morgan fingerprint density at radius 1 is 1.12 bits per heavy atom. The molecule has 0 aromatic heterocycles. The summed E-state index contributed by atoms with van der Waals surface area (Å²) in [4.78, 5) is 11.8. The summed E-state index contributed by atoms with van der Waals surface area (Å²) in [6.07, 6.45) is 0.482. The van der Waals surface area contributed by atoms with E-state index in [-0.39, 0.29) is 4.90 Å². The number of rotatable bonds is 4. The van der Waals surface area contributed by atoms with Crippen molar-refractivity contribution < 1.29 is 13.2 Å². The molecule has 1 fully saturated rings. The Hall–Kier alpha value is -1.97. The maximum absolute atomic E-state index is 13.0. The Labute approximate surface area is 149 Å². The first-order valence-corrected chi connectivity index (χ1v) is 9.64. The van der Waals surface area contributed by atoms with Crippen LogP contribution < -0.4 is 0 Å². The summed E-state index contributed by atoms with van der Waals surface area (Å²) in [6, 6.07) is 15.4. The van der Waals surface area contributed by atoms with E-state index in [9.17, 15) is 18.5 Å². The molecule has 1 aliphatic carbocycles. The van der Waals surface area contributed by atoms with Gasteiger partial charge in [-0.2, -0.15) is 5.26 Å². The van der Waals surface area contributed by atoms with Gasteiger partial charge in [-0.05, 0) is 36.8 Å². The minimum atomic E-state index is -3.79. The molecular weight excluding hydrogens is 390 g/mol.